The van der Waals surface area contributed by atoms with Crippen molar-refractivity contribution in [1.29, 1.82) is 0 Å². The standard InChI is InChI=1S/C15H21NO2/c1-4-11-18-15-7-5-14(6-8-15)12-16(3)10-9-13(2)17/h1,5-8,13,17H,9-12H2,2-3H3. The molecule has 1 aromatic rings. The van der Waals surface area contributed by atoms with Crippen molar-refractivity contribution in [2.45, 2.75) is 26.0 Å². The lowest BCUT2D eigenvalue weighted by molar-refractivity contribution is 0.163. The first-order valence-electron chi connectivity index (χ1n) is 6.13. The monoisotopic (exact) mass is 247 g/mol. The number of hydrogen-bond acceptors (Lipinski definition) is 3. The molecule has 0 amide bonds. The van der Waals surface area contributed by atoms with Crippen LogP contribution in [0.3, 0.4) is 0 Å². The van der Waals surface area contributed by atoms with Crippen molar-refractivity contribution in [3.05, 3.63) is 29.8 Å². The first kappa shape index (κ1) is 14.6. The van der Waals surface area contributed by atoms with E-state index >= 15 is 0 Å². The third-order valence-electron chi connectivity index (χ3n) is 2.63. The molecule has 1 atom stereocenters. The third-order valence-corrected chi connectivity index (χ3v) is 2.63. The van der Waals surface area contributed by atoms with Crippen molar-refractivity contribution in [3.63, 3.8) is 0 Å². The van der Waals surface area contributed by atoms with E-state index in [1.54, 1.807) is 0 Å². The van der Waals surface area contributed by atoms with Crippen LogP contribution in [0.1, 0.15) is 18.9 Å². The van der Waals surface area contributed by atoms with Crippen LogP contribution in [0.25, 0.3) is 0 Å². The van der Waals surface area contributed by atoms with E-state index in [-0.39, 0.29) is 6.10 Å². The van der Waals surface area contributed by atoms with Gasteiger partial charge in [0.1, 0.15) is 12.4 Å². The fourth-order valence-electron chi connectivity index (χ4n) is 1.61. The lowest BCUT2D eigenvalue weighted by Gasteiger charge is -2.17. The van der Waals surface area contributed by atoms with Gasteiger partial charge in [-0.15, -0.1) is 6.42 Å². The van der Waals surface area contributed by atoms with Crippen LogP contribution in [0.15, 0.2) is 24.3 Å². The molecule has 0 aliphatic rings. The van der Waals surface area contributed by atoms with E-state index in [1.165, 1.54) is 5.56 Å². The molecule has 0 spiro atoms. The van der Waals surface area contributed by atoms with Gasteiger partial charge in [0.2, 0.25) is 0 Å². The predicted molar refractivity (Wildman–Crippen MR) is 73.4 cm³/mol. The summed E-state index contributed by atoms with van der Waals surface area (Å²) in [5, 5.41) is 9.23. The molecule has 0 saturated carbocycles. The maximum absolute atomic E-state index is 9.23. The average molecular weight is 247 g/mol. The van der Waals surface area contributed by atoms with Crippen LogP contribution >= 0.6 is 0 Å². The average Bonchev–Trinajstić information content (AvgIpc) is 2.35. The summed E-state index contributed by atoms with van der Waals surface area (Å²) >= 11 is 0. The Bertz CT molecular complexity index is 378. The summed E-state index contributed by atoms with van der Waals surface area (Å²) in [5.41, 5.74) is 1.22. The second kappa shape index (κ2) is 7.75. The molecular weight excluding hydrogens is 226 g/mol. The second-order valence-corrected chi connectivity index (χ2v) is 4.51. The Labute approximate surface area is 109 Å². The summed E-state index contributed by atoms with van der Waals surface area (Å²) in [6.07, 6.45) is 5.68. The van der Waals surface area contributed by atoms with Crippen LogP contribution in [0.2, 0.25) is 0 Å². The quantitative estimate of drug-likeness (QED) is 0.747. The molecule has 18 heavy (non-hydrogen) atoms. The van der Waals surface area contributed by atoms with E-state index in [0.29, 0.717) is 6.61 Å². The lowest BCUT2D eigenvalue weighted by atomic mass is 10.2. The first-order chi connectivity index (χ1) is 8.61. The Hall–Kier alpha value is -1.50. The summed E-state index contributed by atoms with van der Waals surface area (Å²) in [5.74, 6) is 3.23. The fourth-order valence-corrected chi connectivity index (χ4v) is 1.61. The van der Waals surface area contributed by atoms with Crippen LogP contribution in [-0.2, 0) is 6.54 Å². The number of aliphatic hydroxyl groups excluding tert-OH is 1. The van der Waals surface area contributed by atoms with E-state index in [2.05, 4.69) is 10.8 Å². The molecule has 0 bridgehead atoms. The number of rotatable bonds is 7. The molecule has 98 valence electrons. The highest BCUT2D eigenvalue weighted by Crippen LogP contribution is 2.13. The molecule has 1 N–H and O–H groups in total. The summed E-state index contributed by atoms with van der Waals surface area (Å²) in [7, 11) is 2.05. The van der Waals surface area contributed by atoms with Crippen molar-refractivity contribution in [3.8, 4) is 18.1 Å². The zero-order chi connectivity index (χ0) is 13.4. The molecule has 0 saturated heterocycles. The van der Waals surface area contributed by atoms with Crippen LogP contribution in [-0.4, -0.2) is 36.3 Å². The predicted octanol–water partition coefficient (Wildman–Crippen LogP) is 1.90. The highest BCUT2D eigenvalue weighted by molar-refractivity contribution is 5.27. The molecule has 0 aliphatic heterocycles. The third kappa shape index (κ3) is 5.72. The Balaban J connectivity index is 2.40. The minimum Gasteiger partial charge on any atom is -0.481 e. The van der Waals surface area contributed by atoms with Crippen LogP contribution in [0, 0.1) is 12.3 Å². The number of aliphatic hydroxyl groups is 1. The zero-order valence-electron chi connectivity index (χ0n) is 11.1. The summed E-state index contributed by atoms with van der Waals surface area (Å²) in [6, 6.07) is 7.92. The molecule has 0 aromatic heterocycles. The van der Waals surface area contributed by atoms with Gasteiger partial charge in [-0.05, 0) is 38.1 Å². The van der Waals surface area contributed by atoms with Gasteiger partial charge in [-0.3, -0.25) is 0 Å². The van der Waals surface area contributed by atoms with Crippen molar-refractivity contribution in [2.24, 2.45) is 0 Å². The summed E-state index contributed by atoms with van der Waals surface area (Å²) in [6.45, 7) is 3.86. The number of benzene rings is 1. The SMILES string of the molecule is C#CCOc1ccc(CN(C)CCC(C)O)cc1. The highest BCUT2D eigenvalue weighted by atomic mass is 16.5. The molecule has 3 heteroatoms. The van der Waals surface area contributed by atoms with E-state index in [9.17, 15) is 5.11 Å². The van der Waals surface area contributed by atoms with Gasteiger partial charge >= 0.3 is 0 Å². The highest BCUT2D eigenvalue weighted by Gasteiger charge is 2.03. The van der Waals surface area contributed by atoms with Crippen LogP contribution < -0.4 is 4.74 Å². The number of terminal acetylenes is 1. The molecule has 1 unspecified atom stereocenters. The Kier molecular flexibility index (Phi) is 6.27. The van der Waals surface area contributed by atoms with E-state index in [4.69, 9.17) is 11.2 Å². The van der Waals surface area contributed by atoms with Gasteiger partial charge in [-0.2, -0.15) is 0 Å². The number of ether oxygens (including phenoxy) is 1. The van der Waals surface area contributed by atoms with Crippen molar-refractivity contribution < 1.29 is 9.84 Å². The van der Waals surface area contributed by atoms with Gasteiger partial charge < -0.3 is 14.7 Å². The number of hydrogen-bond donors (Lipinski definition) is 1. The molecule has 0 heterocycles. The maximum atomic E-state index is 9.23. The van der Waals surface area contributed by atoms with Gasteiger partial charge in [0.05, 0.1) is 6.10 Å². The number of nitrogens with zero attached hydrogens (tertiary/aromatic N) is 1. The first-order valence-corrected chi connectivity index (χ1v) is 6.13. The van der Waals surface area contributed by atoms with Gasteiger partial charge in [-0.1, -0.05) is 18.1 Å². The Morgan fingerprint density at radius 1 is 1.39 bits per heavy atom. The second-order valence-electron chi connectivity index (χ2n) is 4.51. The summed E-state index contributed by atoms with van der Waals surface area (Å²) in [4.78, 5) is 2.18. The lowest BCUT2D eigenvalue weighted by Crippen LogP contribution is -2.22. The van der Waals surface area contributed by atoms with Gasteiger partial charge in [-0.25, -0.2) is 0 Å². The Morgan fingerprint density at radius 2 is 2.06 bits per heavy atom. The van der Waals surface area contributed by atoms with Crippen LogP contribution in [0.5, 0.6) is 5.75 Å². The van der Waals surface area contributed by atoms with Gasteiger partial charge in [0, 0.05) is 13.1 Å². The van der Waals surface area contributed by atoms with Gasteiger partial charge in [0.15, 0.2) is 0 Å². The fraction of sp³-hybridized carbons (Fsp3) is 0.467. The van der Waals surface area contributed by atoms with Crippen molar-refractivity contribution in [2.75, 3.05) is 20.2 Å². The smallest absolute Gasteiger partial charge is 0.148 e. The minimum atomic E-state index is -0.244. The summed E-state index contributed by atoms with van der Waals surface area (Å²) < 4.78 is 5.31. The molecule has 1 rings (SSSR count). The topological polar surface area (TPSA) is 32.7 Å². The van der Waals surface area contributed by atoms with E-state index in [0.717, 1.165) is 25.3 Å². The zero-order valence-corrected chi connectivity index (χ0v) is 11.1. The minimum absolute atomic E-state index is 0.244. The van der Waals surface area contributed by atoms with Crippen molar-refractivity contribution >= 4 is 0 Å². The molecular formula is C15H21NO2. The molecule has 0 fully saturated rings. The molecule has 1 aromatic carbocycles. The van der Waals surface area contributed by atoms with Crippen molar-refractivity contribution in [1.82, 2.24) is 4.90 Å². The van der Waals surface area contributed by atoms with E-state index in [1.807, 2.05) is 38.2 Å². The molecule has 0 radical (unpaired) electrons. The molecule has 0 aliphatic carbocycles. The van der Waals surface area contributed by atoms with Crippen LogP contribution in [0.4, 0.5) is 0 Å². The van der Waals surface area contributed by atoms with E-state index < -0.39 is 0 Å². The largest absolute Gasteiger partial charge is 0.481 e. The Morgan fingerprint density at radius 3 is 2.61 bits per heavy atom. The molecule has 3 nitrogen and oxygen atoms in total. The normalized spacial score (nSPS) is 12.2. The van der Waals surface area contributed by atoms with Gasteiger partial charge in [0.25, 0.3) is 0 Å². The maximum Gasteiger partial charge on any atom is 0.148 e.